The lowest BCUT2D eigenvalue weighted by molar-refractivity contribution is -0.118. The summed E-state index contributed by atoms with van der Waals surface area (Å²) in [5, 5.41) is 0. The van der Waals surface area contributed by atoms with Gasteiger partial charge in [-0.2, -0.15) is 0 Å². The highest BCUT2D eigenvalue weighted by atomic mass is 16.2. The maximum absolute atomic E-state index is 12.4. The fourth-order valence-corrected chi connectivity index (χ4v) is 2.66. The number of para-hydroxylation sites is 1. The molecule has 0 radical (unpaired) electrons. The Kier molecular flexibility index (Phi) is 3.38. The predicted octanol–water partition coefficient (Wildman–Crippen LogP) is 4.24. The lowest BCUT2D eigenvalue weighted by Gasteiger charge is -2.31. The number of amides is 1. The number of allylic oxidation sites excluding steroid dienone is 1. The Morgan fingerprint density at radius 3 is 2.10 bits per heavy atom. The number of hydrogen-bond donors (Lipinski definition) is 0. The van der Waals surface area contributed by atoms with Crippen LogP contribution < -0.4 is 4.90 Å². The van der Waals surface area contributed by atoms with Gasteiger partial charge in [0.05, 0.1) is 5.70 Å². The van der Waals surface area contributed by atoms with Crippen molar-refractivity contribution in [1.82, 2.24) is 0 Å². The molecule has 1 heterocycles. The first-order valence-electron chi connectivity index (χ1n) is 6.90. The molecule has 2 aromatic carbocycles. The summed E-state index contributed by atoms with van der Waals surface area (Å²) < 4.78 is 0. The van der Waals surface area contributed by atoms with E-state index in [-0.39, 0.29) is 5.91 Å². The Morgan fingerprint density at radius 2 is 1.45 bits per heavy atom. The third kappa shape index (κ3) is 2.25. The van der Waals surface area contributed by atoms with Crippen molar-refractivity contribution in [1.29, 1.82) is 0 Å². The monoisotopic (exact) mass is 263 g/mol. The number of nitrogens with zero attached hydrogens (tertiary/aromatic N) is 1. The summed E-state index contributed by atoms with van der Waals surface area (Å²) in [6.45, 7) is 2.12. The van der Waals surface area contributed by atoms with E-state index < -0.39 is 0 Å². The lowest BCUT2D eigenvalue weighted by Crippen LogP contribution is -2.33. The van der Waals surface area contributed by atoms with Gasteiger partial charge >= 0.3 is 0 Å². The molecule has 2 heteroatoms. The standard InChI is InChI=1S/C18H17NO/c1-14-12-13-17(20)19(16-10-6-3-7-11-16)18(14)15-8-4-2-5-9-15/h2-11H,12-13H2,1H3. The van der Waals surface area contributed by atoms with E-state index in [0.29, 0.717) is 6.42 Å². The van der Waals surface area contributed by atoms with E-state index in [1.165, 1.54) is 5.57 Å². The molecule has 0 aromatic heterocycles. The molecule has 1 aliphatic rings. The van der Waals surface area contributed by atoms with Crippen LogP contribution in [0.2, 0.25) is 0 Å². The van der Waals surface area contributed by atoms with Crippen molar-refractivity contribution in [3.8, 4) is 0 Å². The molecule has 0 bridgehead atoms. The van der Waals surface area contributed by atoms with Crippen molar-refractivity contribution in [2.45, 2.75) is 19.8 Å². The third-order valence-electron chi connectivity index (χ3n) is 3.65. The van der Waals surface area contributed by atoms with Crippen LogP contribution in [0, 0.1) is 0 Å². The summed E-state index contributed by atoms with van der Waals surface area (Å²) in [6.07, 6.45) is 1.42. The number of rotatable bonds is 2. The Balaban J connectivity index is 2.14. The summed E-state index contributed by atoms with van der Waals surface area (Å²) in [5.41, 5.74) is 4.34. The first-order chi connectivity index (χ1) is 9.77. The van der Waals surface area contributed by atoms with Crippen molar-refractivity contribution in [3.05, 3.63) is 71.8 Å². The second-order valence-corrected chi connectivity index (χ2v) is 5.06. The first-order valence-corrected chi connectivity index (χ1v) is 6.90. The molecule has 0 saturated carbocycles. The van der Waals surface area contributed by atoms with Gasteiger partial charge in [-0.05, 0) is 36.6 Å². The van der Waals surface area contributed by atoms with Crippen LogP contribution in [0.4, 0.5) is 5.69 Å². The van der Waals surface area contributed by atoms with E-state index in [1.807, 2.05) is 53.4 Å². The summed E-state index contributed by atoms with van der Waals surface area (Å²) in [6, 6.07) is 20.0. The van der Waals surface area contributed by atoms with Crippen LogP contribution in [-0.4, -0.2) is 5.91 Å². The smallest absolute Gasteiger partial charge is 0.231 e. The van der Waals surface area contributed by atoms with Crippen molar-refractivity contribution in [3.63, 3.8) is 0 Å². The molecule has 20 heavy (non-hydrogen) atoms. The minimum absolute atomic E-state index is 0.167. The molecular weight excluding hydrogens is 246 g/mol. The van der Waals surface area contributed by atoms with Crippen molar-refractivity contribution in [2.75, 3.05) is 4.90 Å². The van der Waals surface area contributed by atoms with Gasteiger partial charge in [-0.3, -0.25) is 9.69 Å². The van der Waals surface area contributed by atoms with E-state index in [4.69, 9.17) is 0 Å². The molecule has 0 spiro atoms. The van der Waals surface area contributed by atoms with E-state index in [0.717, 1.165) is 23.4 Å². The normalized spacial score (nSPS) is 15.7. The van der Waals surface area contributed by atoms with E-state index >= 15 is 0 Å². The second kappa shape index (κ2) is 5.33. The molecule has 100 valence electrons. The summed E-state index contributed by atoms with van der Waals surface area (Å²) in [5.74, 6) is 0.167. The second-order valence-electron chi connectivity index (χ2n) is 5.06. The number of carbonyl (C=O) groups is 1. The summed E-state index contributed by atoms with van der Waals surface area (Å²) in [7, 11) is 0. The average Bonchev–Trinajstić information content (AvgIpc) is 2.51. The maximum atomic E-state index is 12.4. The zero-order valence-electron chi connectivity index (χ0n) is 11.5. The molecule has 0 unspecified atom stereocenters. The van der Waals surface area contributed by atoms with Crippen LogP contribution in [0.1, 0.15) is 25.3 Å². The van der Waals surface area contributed by atoms with Crippen molar-refractivity contribution in [2.24, 2.45) is 0 Å². The largest absolute Gasteiger partial charge is 0.281 e. The molecule has 0 fully saturated rings. The average molecular weight is 263 g/mol. The highest BCUT2D eigenvalue weighted by Gasteiger charge is 2.26. The van der Waals surface area contributed by atoms with Gasteiger partial charge in [-0.25, -0.2) is 0 Å². The van der Waals surface area contributed by atoms with Crippen molar-refractivity contribution < 1.29 is 4.79 Å². The van der Waals surface area contributed by atoms with Gasteiger partial charge in [0.2, 0.25) is 5.91 Å². The molecule has 1 amide bonds. The predicted molar refractivity (Wildman–Crippen MR) is 82.2 cm³/mol. The zero-order valence-corrected chi connectivity index (χ0v) is 11.5. The van der Waals surface area contributed by atoms with E-state index in [2.05, 4.69) is 19.1 Å². The highest BCUT2D eigenvalue weighted by molar-refractivity contribution is 6.08. The number of anilines is 1. The van der Waals surface area contributed by atoms with Gasteiger partial charge in [0, 0.05) is 12.1 Å². The van der Waals surface area contributed by atoms with Gasteiger partial charge in [0.25, 0.3) is 0 Å². The topological polar surface area (TPSA) is 20.3 Å². The zero-order chi connectivity index (χ0) is 13.9. The minimum atomic E-state index is 0.167. The molecule has 0 saturated heterocycles. The molecule has 1 aliphatic heterocycles. The number of benzene rings is 2. The van der Waals surface area contributed by atoms with Crippen LogP contribution in [0.3, 0.4) is 0 Å². The summed E-state index contributed by atoms with van der Waals surface area (Å²) in [4.78, 5) is 14.3. The van der Waals surface area contributed by atoms with Gasteiger partial charge < -0.3 is 0 Å². The highest BCUT2D eigenvalue weighted by Crippen LogP contribution is 2.34. The SMILES string of the molecule is CC1=C(c2ccccc2)N(c2ccccc2)C(=O)CC1. The Morgan fingerprint density at radius 1 is 0.850 bits per heavy atom. The van der Waals surface area contributed by atoms with E-state index in [1.54, 1.807) is 0 Å². The van der Waals surface area contributed by atoms with Crippen LogP contribution >= 0.6 is 0 Å². The Hall–Kier alpha value is -2.35. The lowest BCUT2D eigenvalue weighted by atomic mass is 9.97. The third-order valence-corrected chi connectivity index (χ3v) is 3.65. The maximum Gasteiger partial charge on any atom is 0.231 e. The fourth-order valence-electron chi connectivity index (χ4n) is 2.66. The number of carbonyl (C=O) groups excluding carboxylic acids is 1. The molecule has 2 aromatic rings. The molecule has 2 nitrogen and oxygen atoms in total. The molecule has 0 aliphatic carbocycles. The quantitative estimate of drug-likeness (QED) is 0.793. The summed E-state index contributed by atoms with van der Waals surface area (Å²) >= 11 is 0. The first kappa shape index (κ1) is 12.7. The molecular formula is C18H17NO. The molecule has 0 atom stereocenters. The van der Waals surface area contributed by atoms with Crippen molar-refractivity contribution >= 4 is 17.3 Å². The van der Waals surface area contributed by atoms with Gasteiger partial charge in [0.1, 0.15) is 0 Å². The minimum Gasteiger partial charge on any atom is -0.281 e. The van der Waals surface area contributed by atoms with Crippen LogP contribution in [0.25, 0.3) is 5.70 Å². The molecule has 3 rings (SSSR count). The van der Waals surface area contributed by atoms with Gasteiger partial charge in [-0.1, -0.05) is 48.5 Å². The Labute approximate surface area is 119 Å². The molecule has 0 N–H and O–H groups in total. The fraction of sp³-hybridized carbons (Fsp3) is 0.167. The van der Waals surface area contributed by atoms with Gasteiger partial charge in [-0.15, -0.1) is 0 Å². The number of hydrogen-bond acceptors (Lipinski definition) is 1. The van der Waals surface area contributed by atoms with E-state index in [9.17, 15) is 4.79 Å². The van der Waals surface area contributed by atoms with Crippen LogP contribution in [0.15, 0.2) is 66.2 Å². The Bertz CT molecular complexity index is 644. The van der Waals surface area contributed by atoms with Gasteiger partial charge in [0.15, 0.2) is 0 Å². The van der Waals surface area contributed by atoms with Crippen LogP contribution in [0.5, 0.6) is 0 Å². The van der Waals surface area contributed by atoms with Crippen LogP contribution in [-0.2, 0) is 4.79 Å².